The van der Waals surface area contributed by atoms with Gasteiger partial charge in [-0.3, -0.25) is 4.90 Å². The number of alkyl halides is 1. The van der Waals surface area contributed by atoms with Crippen LogP contribution in [0.5, 0.6) is 0 Å². The summed E-state index contributed by atoms with van der Waals surface area (Å²) in [6.45, 7) is 9.66. The van der Waals surface area contributed by atoms with Gasteiger partial charge in [0, 0.05) is 17.9 Å². The van der Waals surface area contributed by atoms with Crippen LogP contribution in [0, 0.1) is 11.8 Å². The summed E-state index contributed by atoms with van der Waals surface area (Å²) in [5.74, 6) is 1.68. The molecule has 1 aliphatic rings. The first-order valence-electron chi connectivity index (χ1n) is 6.49. The second-order valence-electron chi connectivity index (χ2n) is 5.26. The predicted molar refractivity (Wildman–Crippen MR) is 71.6 cm³/mol. The van der Waals surface area contributed by atoms with Crippen LogP contribution >= 0.6 is 15.9 Å². The first-order valence-corrected chi connectivity index (χ1v) is 7.61. The first kappa shape index (κ1) is 13.5. The minimum absolute atomic E-state index is 0.824. The van der Waals surface area contributed by atoms with Gasteiger partial charge in [-0.05, 0) is 37.6 Å². The Balaban J connectivity index is 2.41. The lowest BCUT2D eigenvalue weighted by Gasteiger charge is -2.30. The highest BCUT2D eigenvalue weighted by atomic mass is 79.9. The van der Waals surface area contributed by atoms with Gasteiger partial charge in [-0.1, -0.05) is 43.1 Å². The van der Waals surface area contributed by atoms with E-state index in [1.165, 1.54) is 44.1 Å². The molecule has 0 amide bonds. The average molecular weight is 276 g/mol. The van der Waals surface area contributed by atoms with Gasteiger partial charge in [-0.25, -0.2) is 0 Å². The molecule has 0 N–H and O–H groups in total. The molecule has 0 aromatic carbocycles. The van der Waals surface area contributed by atoms with Gasteiger partial charge >= 0.3 is 0 Å². The summed E-state index contributed by atoms with van der Waals surface area (Å²) in [6.07, 6.45) is 5.51. The fourth-order valence-electron chi connectivity index (χ4n) is 2.79. The summed E-state index contributed by atoms with van der Waals surface area (Å²) >= 11 is 3.65. The smallest absolute Gasteiger partial charge is 0.0119 e. The van der Waals surface area contributed by atoms with Gasteiger partial charge in [0.1, 0.15) is 0 Å². The maximum atomic E-state index is 3.65. The molecule has 2 heteroatoms. The van der Waals surface area contributed by atoms with Gasteiger partial charge in [0.2, 0.25) is 0 Å². The molecule has 0 aliphatic carbocycles. The van der Waals surface area contributed by atoms with Gasteiger partial charge < -0.3 is 0 Å². The van der Waals surface area contributed by atoms with Crippen LogP contribution in [0.25, 0.3) is 0 Å². The minimum atomic E-state index is 0.824. The molecule has 0 aromatic heterocycles. The SMILES string of the molecule is CCCC(CBr)CN1CCCC1C(C)C. The molecule has 1 rings (SSSR count). The van der Waals surface area contributed by atoms with Crippen LogP contribution < -0.4 is 0 Å². The third-order valence-electron chi connectivity index (χ3n) is 3.59. The highest BCUT2D eigenvalue weighted by molar-refractivity contribution is 9.09. The Hall–Kier alpha value is 0.440. The lowest BCUT2D eigenvalue weighted by Crippen LogP contribution is -2.37. The molecule has 2 unspecified atom stereocenters. The largest absolute Gasteiger partial charge is 0.300 e. The molecule has 2 atom stereocenters. The summed E-state index contributed by atoms with van der Waals surface area (Å²) in [6, 6.07) is 0.850. The van der Waals surface area contributed by atoms with E-state index in [2.05, 4.69) is 41.6 Å². The molecule has 0 spiro atoms. The maximum absolute atomic E-state index is 3.65. The minimum Gasteiger partial charge on any atom is -0.300 e. The van der Waals surface area contributed by atoms with Crippen LogP contribution in [-0.4, -0.2) is 29.4 Å². The number of nitrogens with zero attached hydrogens (tertiary/aromatic N) is 1. The molecule has 1 fully saturated rings. The van der Waals surface area contributed by atoms with Crippen molar-refractivity contribution in [3.8, 4) is 0 Å². The molecular formula is C13H26BrN. The van der Waals surface area contributed by atoms with Crippen molar-refractivity contribution in [1.82, 2.24) is 4.90 Å². The fraction of sp³-hybridized carbons (Fsp3) is 1.00. The van der Waals surface area contributed by atoms with Crippen LogP contribution in [0.4, 0.5) is 0 Å². The van der Waals surface area contributed by atoms with Gasteiger partial charge in [0.15, 0.2) is 0 Å². The van der Waals surface area contributed by atoms with Crippen molar-refractivity contribution in [2.24, 2.45) is 11.8 Å². The van der Waals surface area contributed by atoms with E-state index >= 15 is 0 Å². The number of likely N-dealkylation sites (tertiary alicyclic amines) is 1. The Morgan fingerprint density at radius 3 is 2.67 bits per heavy atom. The Bertz CT molecular complexity index is 170. The number of hydrogen-bond acceptors (Lipinski definition) is 1. The molecule has 0 bridgehead atoms. The van der Waals surface area contributed by atoms with E-state index in [1.54, 1.807) is 0 Å². The molecule has 1 aliphatic heterocycles. The molecule has 1 saturated heterocycles. The molecule has 1 nitrogen and oxygen atoms in total. The fourth-order valence-corrected chi connectivity index (χ4v) is 3.32. The van der Waals surface area contributed by atoms with Crippen molar-refractivity contribution in [1.29, 1.82) is 0 Å². The Morgan fingerprint density at radius 2 is 2.13 bits per heavy atom. The van der Waals surface area contributed by atoms with Crippen LogP contribution in [0.1, 0.15) is 46.5 Å². The lowest BCUT2D eigenvalue weighted by atomic mass is 10.00. The number of hydrogen-bond donors (Lipinski definition) is 0. The molecule has 1 heterocycles. The van der Waals surface area contributed by atoms with Crippen molar-refractivity contribution in [3.05, 3.63) is 0 Å². The second kappa shape index (κ2) is 6.90. The monoisotopic (exact) mass is 275 g/mol. The summed E-state index contributed by atoms with van der Waals surface area (Å²) in [5, 5.41) is 1.17. The van der Waals surface area contributed by atoms with Crippen molar-refractivity contribution in [3.63, 3.8) is 0 Å². The van der Waals surface area contributed by atoms with Crippen molar-refractivity contribution >= 4 is 15.9 Å². The van der Waals surface area contributed by atoms with E-state index in [0.717, 1.165) is 17.9 Å². The summed E-state index contributed by atoms with van der Waals surface area (Å²) in [7, 11) is 0. The zero-order valence-corrected chi connectivity index (χ0v) is 12.1. The van der Waals surface area contributed by atoms with E-state index in [0.29, 0.717) is 0 Å². The van der Waals surface area contributed by atoms with E-state index in [9.17, 15) is 0 Å². The molecule has 0 radical (unpaired) electrons. The molecule has 0 aromatic rings. The number of rotatable bonds is 6. The van der Waals surface area contributed by atoms with Crippen LogP contribution in [0.15, 0.2) is 0 Å². The lowest BCUT2D eigenvalue weighted by molar-refractivity contribution is 0.180. The van der Waals surface area contributed by atoms with E-state index < -0.39 is 0 Å². The third kappa shape index (κ3) is 4.07. The zero-order chi connectivity index (χ0) is 11.3. The summed E-state index contributed by atoms with van der Waals surface area (Å²) in [5.41, 5.74) is 0. The van der Waals surface area contributed by atoms with Crippen molar-refractivity contribution in [2.75, 3.05) is 18.4 Å². The van der Waals surface area contributed by atoms with Crippen molar-refractivity contribution < 1.29 is 0 Å². The van der Waals surface area contributed by atoms with E-state index in [4.69, 9.17) is 0 Å². The normalized spacial score (nSPS) is 25.0. The van der Waals surface area contributed by atoms with Crippen LogP contribution in [0.2, 0.25) is 0 Å². The first-order chi connectivity index (χ1) is 7.19. The Kier molecular flexibility index (Phi) is 6.21. The third-order valence-corrected chi connectivity index (χ3v) is 4.51. The van der Waals surface area contributed by atoms with Gasteiger partial charge in [-0.2, -0.15) is 0 Å². The second-order valence-corrected chi connectivity index (χ2v) is 5.91. The Labute approximate surface area is 104 Å². The highest BCUT2D eigenvalue weighted by Crippen LogP contribution is 2.25. The zero-order valence-electron chi connectivity index (χ0n) is 10.5. The summed E-state index contributed by atoms with van der Waals surface area (Å²) < 4.78 is 0. The molecule has 90 valence electrons. The average Bonchev–Trinajstić information content (AvgIpc) is 2.65. The van der Waals surface area contributed by atoms with E-state index in [1.807, 2.05) is 0 Å². The number of halogens is 1. The predicted octanol–water partition coefficient (Wildman–Crippen LogP) is 3.92. The van der Waals surface area contributed by atoms with Gasteiger partial charge in [-0.15, -0.1) is 0 Å². The van der Waals surface area contributed by atoms with Gasteiger partial charge in [0.25, 0.3) is 0 Å². The highest BCUT2D eigenvalue weighted by Gasteiger charge is 2.28. The van der Waals surface area contributed by atoms with Crippen LogP contribution in [0.3, 0.4) is 0 Å². The Morgan fingerprint density at radius 1 is 1.40 bits per heavy atom. The maximum Gasteiger partial charge on any atom is 0.0119 e. The standard InChI is InChI=1S/C13H26BrN/c1-4-6-12(9-14)10-15-8-5-7-13(15)11(2)3/h11-13H,4-10H2,1-3H3. The van der Waals surface area contributed by atoms with Crippen LogP contribution in [-0.2, 0) is 0 Å². The van der Waals surface area contributed by atoms with Crippen molar-refractivity contribution in [2.45, 2.75) is 52.5 Å². The van der Waals surface area contributed by atoms with Gasteiger partial charge in [0.05, 0.1) is 0 Å². The molecular weight excluding hydrogens is 250 g/mol. The summed E-state index contributed by atoms with van der Waals surface area (Å²) in [4.78, 5) is 2.73. The van der Waals surface area contributed by atoms with E-state index in [-0.39, 0.29) is 0 Å². The topological polar surface area (TPSA) is 3.24 Å². The molecule has 15 heavy (non-hydrogen) atoms. The quantitative estimate of drug-likeness (QED) is 0.665. The molecule has 0 saturated carbocycles.